The lowest BCUT2D eigenvalue weighted by Crippen LogP contribution is -2.82. The molecule has 4 aliphatic rings. The van der Waals surface area contributed by atoms with E-state index in [9.17, 15) is 4.79 Å². The number of rotatable bonds is 4. The van der Waals surface area contributed by atoms with E-state index in [0.29, 0.717) is 23.8 Å². The summed E-state index contributed by atoms with van der Waals surface area (Å²) in [6, 6.07) is 15.7. The van der Waals surface area contributed by atoms with E-state index in [1.807, 2.05) is 0 Å². The molecule has 1 spiro atoms. The molecule has 2 aliphatic heterocycles. The third kappa shape index (κ3) is 4.54. The van der Waals surface area contributed by atoms with Crippen molar-refractivity contribution in [2.45, 2.75) is 81.6 Å². The minimum atomic E-state index is -0.106. The molecule has 198 valence electrons. The van der Waals surface area contributed by atoms with Gasteiger partial charge in [0.25, 0.3) is 0 Å². The number of likely N-dealkylation sites (tertiary alicyclic amines) is 1. The fourth-order valence-corrected chi connectivity index (χ4v) is 9.28. The summed E-state index contributed by atoms with van der Waals surface area (Å²) in [6.45, 7) is 2.80. The van der Waals surface area contributed by atoms with Gasteiger partial charge in [-0.25, -0.2) is 0 Å². The van der Waals surface area contributed by atoms with Crippen molar-refractivity contribution in [1.29, 1.82) is 0 Å². The van der Waals surface area contributed by atoms with Gasteiger partial charge in [0.1, 0.15) is 11.7 Å². The van der Waals surface area contributed by atoms with Crippen LogP contribution in [-0.2, 0) is 16.6 Å². The number of nitrogens with two attached hydrogens (primary N) is 1. The Balaban J connectivity index is 1.33. The number of benzene rings is 2. The SMILES string of the molecule is COc1ccc(Br)c2c1CCC[C@]21C[NH2+]C[C@H]1C(=O)N1CC[C@@H](c2ccccc2)C[C@H]1C1CCCCC1. The molecule has 4 nitrogen and oxygen atoms in total. The third-order valence-corrected chi connectivity index (χ3v) is 10.9. The van der Waals surface area contributed by atoms with Gasteiger partial charge >= 0.3 is 0 Å². The van der Waals surface area contributed by atoms with Crippen LogP contribution in [0.1, 0.15) is 80.4 Å². The standard InChI is InChI=1S/C32H41BrN2O2/c1-37-29-15-14-27(33)30-25(29)13-8-17-32(30)21-34-20-26(32)31(36)35-18-16-24(22-9-4-2-5-10-22)19-28(35)23-11-6-3-7-12-23/h2,4-5,9-10,14-15,23-24,26,28,34H,3,6-8,11-13,16-21H2,1H3/p+1/t24-,26+,28+,32-/m1/s1. The molecule has 2 aromatic carbocycles. The van der Waals surface area contributed by atoms with E-state index in [-0.39, 0.29) is 11.3 Å². The molecule has 2 heterocycles. The smallest absolute Gasteiger partial charge is 0.232 e. The zero-order valence-corrected chi connectivity index (χ0v) is 23.8. The fraction of sp³-hybridized carbons (Fsp3) is 0.594. The molecule has 0 radical (unpaired) electrons. The van der Waals surface area contributed by atoms with Crippen molar-refractivity contribution in [2.24, 2.45) is 11.8 Å². The first-order valence-corrected chi connectivity index (χ1v) is 15.4. The van der Waals surface area contributed by atoms with Gasteiger partial charge in [0.05, 0.1) is 25.6 Å². The maximum Gasteiger partial charge on any atom is 0.232 e. The van der Waals surface area contributed by atoms with Gasteiger partial charge in [0.2, 0.25) is 5.91 Å². The highest BCUT2D eigenvalue weighted by Crippen LogP contribution is 2.50. The summed E-state index contributed by atoms with van der Waals surface area (Å²) in [6.07, 6.45) is 12.0. The van der Waals surface area contributed by atoms with Gasteiger partial charge in [-0.3, -0.25) is 4.79 Å². The first-order chi connectivity index (χ1) is 18.1. The number of methoxy groups -OCH3 is 1. The molecule has 2 saturated heterocycles. The van der Waals surface area contributed by atoms with Crippen LogP contribution in [0.5, 0.6) is 5.75 Å². The van der Waals surface area contributed by atoms with Gasteiger partial charge in [-0.1, -0.05) is 65.5 Å². The number of quaternary nitrogens is 1. The molecule has 2 aromatic rings. The Bertz CT molecular complexity index is 1120. The molecular weight excluding hydrogens is 524 g/mol. The summed E-state index contributed by atoms with van der Waals surface area (Å²) in [5.41, 5.74) is 4.03. The van der Waals surface area contributed by atoms with E-state index in [1.165, 1.54) is 48.8 Å². The third-order valence-electron chi connectivity index (χ3n) is 10.3. The quantitative estimate of drug-likeness (QED) is 0.526. The van der Waals surface area contributed by atoms with Crippen molar-refractivity contribution in [1.82, 2.24) is 4.90 Å². The molecule has 0 unspecified atom stereocenters. The Morgan fingerprint density at radius 3 is 2.65 bits per heavy atom. The molecule has 3 fully saturated rings. The molecule has 2 aliphatic carbocycles. The number of halogens is 1. The van der Waals surface area contributed by atoms with Gasteiger partial charge in [-0.15, -0.1) is 0 Å². The van der Waals surface area contributed by atoms with E-state index in [0.717, 1.165) is 62.0 Å². The number of ether oxygens (including phenoxy) is 1. The Hall–Kier alpha value is -1.85. The first-order valence-electron chi connectivity index (χ1n) is 14.7. The predicted molar refractivity (Wildman–Crippen MR) is 151 cm³/mol. The number of nitrogens with zero attached hydrogens (tertiary/aromatic N) is 1. The minimum Gasteiger partial charge on any atom is -0.496 e. The summed E-state index contributed by atoms with van der Waals surface area (Å²) in [7, 11) is 1.78. The van der Waals surface area contributed by atoms with Crippen molar-refractivity contribution >= 4 is 21.8 Å². The maximum absolute atomic E-state index is 14.7. The number of piperidine rings is 1. The van der Waals surface area contributed by atoms with Crippen LogP contribution in [0, 0.1) is 11.8 Å². The second kappa shape index (κ2) is 10.7. The lowest BCUT2D eigenvalue weighted by molar-refractivity contribution is -0.640. The van der Waals surface area contributed by atoms with E-state index in [4.69, 9.17) is 4.74 Å². The van der Waals surface area contributed by atoms with Gasteiger partial charge in [-0.05, 0) is 85.6 Å². The summed E-state index contributed by atoms with van der Waals surface area (Å²) >= 11 is 3.92. The number of carbonyl (C=O) groups excluding carboxylic acids is 1. The Labute approximate surface area is 230 Å². The highest BCUT2D eigenvalue weighted by atomic mass is 79.9. The van der Waals surface area contributed by atoms with Gasteiger partial charge in [-0.2, -0.15) is 0 Å². The van der Waals surface area contributed by atoms with E-state index in [1.54, 1.807) is 7.11 Å². The molecule has 0 bridgehead atoms. The van der Waals surface area contributed by atoms with Crippen molar-refractivity contribution < 1.29 is 14.8 Å². The molecule has 1 amide bonds. The highest BCUT2D eigenvalue weighted by molar-refractivity contribution is 9.10. The van der Waals surface area contributed by atoms with E-state index < -0.39 is 0 Å². The number of amides is 1. The topological polar surface area (TPSA) is 46.1 Å². The minimum absolute atomic E-state index is 0.0364. The molecular formula is C32H42BrN2O2+. The van der Waals surface area contributed by atoms with Gasteiger partial charge in [0, 0.05) is 17.1 Å². The normalized spacial score (nSPS) is 30.3. The van der Waals surface area contributed by atoms with Crippen LogP contribution in [0.3, 0.4) is 0 Å². The summed E-state index contributed by atoms with van der Waals surface area (Å²) in [5, 5.41) is 2.41. The second-order valence-electron chi connectivity index (χ2n) is 12.0. The van der Waals surface area contributed by atoms with Gasteiger partial charge < -0.3 is 15.0 Å². The average molecular weight is 567 g/mol. The molecule has 5 heteroatoms. The molecule has 4 atom stereocenters. The Morgan fingerprint density at radius 1 is 1.05 bits per heavy atom. The fourth-order valence-electron chi connectivity index (χ4n) is 8.51. The number of fused-ring (bicyclic) bond motifs is 2. The molecule has 0 aromatic heterocycles. The van der Waals surface area contributed by atoms with E-state index >= 15 is 0 Å². The monoisotopic (exact) mass is 565 g/mol. The van der Waals surface area contributed by atoms with Crippen LogP contribution in [0.15, 0.2) is 46.9 Å². The number of carbonyl (C=O) groups is 1. The lowest BCUT2D eigenvalue weighted by atomic mass is 9.63. The highest BCUT2D eigenvalue weighted by Gasteiger charge is 2.56. The molecule has 1 saturated carbocycles. The zero-order valence-electron chi connectivity index (χ0n) is 22.3. The first kappa shape index (κ1) is 25.4. The van der Waals surface area contributed by atoms with Crippen molar-refractivity contribution in [3.63, 3.8) is 0 Å². The van der Waals surface area contributed by atoms with Gasteiger partial charge in [0.15, 0.2) is 0 Å². The van der Waals surface area contributed by atoms with Crippen LogP contribution in [-0.4, -0.2) is 43.6 Å². The van der Waals surface area contributed by atoms with Crippen LogP contribution in [0.25, 0.3) is 0 Å². The Morgan fingerprint density at radius 2 is 1.86 bits per heavy atom. The van der Waals surface area contributed by atoms with Crippen molar-refractivity contribution in [3.05, 3.63) is 63.6 Å². The molecule has 6 rings (SSSR count). The average Bonchev–Trinajstić information content (AvgIpc) is 3.37. The predicted octanol–water partition coefficient (Wildman–Crippen LogP) is 5.58. The summed E-state index contributed by atoms with van der Waals surface area (Å²) < 4.78 is 6.96. The number of hydrogen-bond acceptors (Lipinski definition) is 2. The summed E-state index contributed by atoms with van der Waals surface area (Å²) in [5.74, 6) is 2.66. The molecule has 37 heavy (non-hydrogen) atoms. The number of hydrogen-bond donors (Lipinski definition) is 1. The van der Waals surface area contributed by atoms with E-state index in [2.05, 4.69) is 68.6 Å². The van der Waals surface area contributed by atoms with Crippen LogP contribution in [0.2, 0.25) is 0 Å². The van der Waals surface area contributed by atoms with Crippen LogP contribution < -0.4 is 10.1 Å². The maximum atomic E-state index is 14.7. The van der Waals surface area contributed by atoms with Crippen molar-refractivity contribution in [2.75, 3.05) is 26.7 Å². The summed E-state index contributed by atoms with van der Waals surface area (Å²) in [4.78, 5) is 17.1. The van der Waals surface area contributed by atoms with Crippen LogP contribution in [0.4, 0.5) is 0 Å². The largest absolute Gasteiger partial charge is 0.496 e. The van der Waals surface area contributed by atoms with Crippen LogP contribution >= 0.6 is 15.9 Å². The lowest BCUT2D eigenvalue weighted by Gasteiger charge is -2.47. The molecule has 2 N–H and O–H groups in total. The zero-order chi connectivity index (χ0) is 25.4. The Kier molecular flexibility index (Phi) is 7.37. The second-order valence-corrected chi connectivity index (χ2v) is 12.9. The van der Waals surface area contributed by atoms with Crippen molar-refractivity contribution in [3.8, 4) is 5.75 Å².